The number of hydrogen-bond donors (Lipinski definition) is 1. The minimum Gasteiger partial charge on any atom is -0.379 e. The predicted molar refractivity (Wildman–Crippen MR) is 82.1 cm³/mol. The molecule has 0 amide bonds. The van der Waals surface area contributed by atoms with E-state index >= 15 is 0 Å². The number of nitrogens with zero attached hydrogens (tertiary/aromatic N) is 2. The Labute approximate surface area is 121 Å². The molecule has 0 saturated heterocycles. The molecule has 114 valence electrons. The van der Waals surface area contributed by atoms with Crippen LogP contribution in [0.3, 0.4) is 0 Å². The van der Waals surface area contributed by atoms with Gasteiger partial charge in [-0.15, -0.1) is 0 Å². The largest absolute Gasteiger partial charge is 0.379 e. The molecule has 0 aliphatic heterocycles. The highest BCUT2D eigenvalue weighted by atomic mass is 16.5. The van der Waals surface area contributed by atoms with Crippen molar-refractivity contribution in [1.29, 1.82) is 0 Å². The summed E-state index contributed by atoms with van der Waals surface area (Å²) < 4.78 is 7.18. The van der Waals surface area contributed by atoms with Crippen LogP contribution in [0.25, 0.3) is 0 Å². The number of hydrogen-bond acceptors (Lipinski definition) is 4. The molecule has 0 aliphatic rings. The minimum atomic E-state index is -0.0420. The molecule has 0 spiro atoms. The Morgan fingerprint density at radius 3 is 2.70 bits per heavy atom. The highest BCUT2D eigenvalue weighted by molar-refractivity contribution is 5.30. The molecule has 1 N–H and O–H groups in total. The number of aromatic nitrogens is 2. The van der Waals surface area contributed by atoms with E-state index in [-0.39, 0.29) is 11.7 Å². The summed E-state index contributed by atoms with van der Waals surface area (Å²) in [5, 5.41) is 3.11. The highest BCUT2D eigenvalue weighted by Crippen LogP contribution is 2.00. The Morgan fingerprint density at radius 2 is 2.05 bits per heavy atom. The van der Waals surface area contributed by atoms with Gasteiger partial charge >= 0.3 is 0 Å². The lowest BCUT2D eigenvalue weighted by atomic mass is 10.2. The summed E-state index contributed by atoms with van der Waals surface area (Å²) in [5.74, 6) is 0.883. The van der Waals surface area contributed by atoms with Crippen molar-refractivity contribution in [3.05, 3.63) is 22.7 Å². The van der Waals surface area contributed by atoms with Gasteiger partial charge in [0.05, 0.1) is 6.10 Å². The van der Waals surface area contributed by atoms with Crippen LogP contribution in [0.4, 0.5) is 5.82 Å². The van der Waals surface area contributed by atoms with Crippen molar-refractivity contribution in [2.45, 2.75) is 53.2 Å². The lowest BCUT2D eigenvalue weighted by Crippen LogP contribution is -2.26. The Kier molecular flexibility index (Phi) is 7.30. The number of anilines is 1. The number of ether oxygens (including phenoxy) is 1. The van der Waals surface area contributed by atoms with Gasteiger partial charge in [0.25, 0.3) is 5.56 Å². The third kappa shape index (κ3) is 6.19. The van der Waals surface area contributed by atoms with E-state index in [1.807, 2.05) is 13.8 Å². The number of unbranched alkanes of at least 4 members (excludes halogenated alkanes) is 1. The summed E-state index contributed by atoms with van der Waals surface area (Å²) in [4.78, 5) is 16.2. The standard InChI is InChI=1S/C15H27N3O2/c1-12(2)11-18-9-8-17-14(15(18)19)16-7-5-6-10-20-13(3)4/h8-9,12-13H,5-7,10-11H2,1-4H3,(H,16,17). The SMILES string of the molecule is CC(C)Cn1ccnc(NCCCCOC(C)C)c1=O. The van der Waals surface area contributed by atoms with Crippen LogP contribution in [0, 0.1) is 5.92 Å². The first kappa shape index (κ1) is 16.7. The number of nitrogens with one attached hydrogen (secondary N) is 1. The van der Waals surface area contributed by atoms with Crippen molar-refractivity contribution in [2.24, 2.45) is 5.92 Å². The maximum atomic E-state index is 12.1. The maximum Gasteiger partial charge on any atom is 0.293 e. The molecule has 0 fully saturated rings. The second-order valence-corrected chi connectivity index (χ2v) is 5.68. The smallest absolute Gasteiger partial charge is 0.293 e. The van der Waals surface area contributed by atoms with Gasteiger partial charge in [0.2, 0.25) is 0 Å². The molecule has 0 unspecified atom stereocenters. The fourth-order valence-electron chi connectivity index (χ4n) is 1.86. The first-order chi connectivity index (χ1) is 9.50. The van der Waals surface area contributed by atoms with Gasteiger partial charge in [0.15, 0.2) is 5.82 Å². The quantitative estimate of drug-likeness (QED) is 0.707. The van der Waals surface area contributed by atoms with Crippen LogP contribution in [0.15, 0.2) is 17.2 Å². The summed E-state index contributed by atoms with van der Waals surface area (Å²) in [6.45, 7) is 10.5. The van der Waals surface area contributed by atoms with Crippen molar-refractivity contribution >= 4 is 5.82 Å². The Morgan fingerprint density at radius 1 is 1.30 bits per heavy atom. The third-order valence-corrected chi connectivity index (χ3v) is 2.79. The Bertz CT molecular complexity index is 441. The minimum absolute atomic E-state index is 0.0420. The topological polar surface area (TPSA) is 56.1 Å². The van der Waals surface area contributed by atoms with E-state index in [1.54, 1.807) is 17.0 Å². The van der Waals surface area contributed by atoms with Gasteiger partial charge in [0, 0.05) is 32.1 Å². The molecular formula is C15H27N3O2. The van der Waals surface area contributed by atoms with Crippen LogP contribution >= 0.6 is 0 Å². The molecule has 5 nitrogen and oxygen atoms in total. The summed E-state index contributed by atoms with van der Waals surface area (Å²) in [6.07, 6.45) is 5.64. The van der Waals surface area contributed by atoms with Gasteiger partial charge in [0.1, 0.15) is 0 Å². The van der Waals surface area contributed by atoms with Crippen molar-refractivity contribution < 1.29 is 4.74 Å². The van der Waals surface area contributed by atoms with Crippen LogP contribution in [-0.2, 0) is 11.3 Å². The van der Waals surface area contributed by atoms with Crippen LogP contribution in [0.5, 0.6) is 0 Å². The molecule has 20 heavy (non-hydrogen) atoms. The lowest BCUT2D eigenvalue weighted by Gasteiger charge is -2.11. The van der Waals surface area contributed by atoms with Crippen molar-refractivity contribution in [2.75, 3.05) is 18.5 Å². The molecule has 0 atom stereocenters. The van der Waals surface area contributed by atoms with Crippen LogP contribution in [-0.4, -0.2) is 28.8 Å². The Balaban J connectivity index is 2.39. The number of rotatable bonds is 9. The summed E-state index contributed by atoms with van der Waals surface area (Å²) in [5.41, 5.74) is -0.0420. The molecular weight excluding hydrogens is 254 g/mol. The molecule has 0 bridgehead atoms. The Hall–Kier alpha value is -1.36. The second-order valence-electron chi connectivity index (χ2n) is 5.68. The molecule has 5 heteroatoms. The zero-order valence-corrected chi connectivity index (χ0v) is 13.1. The normalized spacial score (nSPS) is 11.3. The molecule has 0 aromatic carbocycles. The summed E-state index contributed by atoms with van der Waals surface area (Å²) >= 11 is 0. The first-order valence-electron chi connectivity index (χ1n) is 7.41. The highest BCUT2D eigenvalue weighted by Gasteiger charge is 2.05. The van der Waals surface area contributed by atoms with Crippen LogP contribution in [0.2, 0.25) is 0 Å². The summed E-state index contributed by atoms with van der Waals surface area (Å²) in [7, 11) is 0. The van der Waals surface area contributed by atoms with Crippen LogP contribution in [0.1, 0.15) is 40.5 Å². The van der Waals surface area contributed by atoms with E-state index in [0.717, 1.165) is 32.5 Å². The van der Waals surface area contributed by atoms with E-state index in [2.05, 4.69) is 24.1 Å². The van der Waals surface area contributed by atoms with E-state index in [9.17, 15) is 4.79 Å². The van der Waals surface area contributed by atoms with Crippen LogP contribution < -0.4 is 10.9 Å². The lowest BCUT2D eigenvalue weighted by molar-refractivity contribution is 0.0765. The molecule has 0 aliphatic carbocycles. The molecule has 1 aromatic heterocycles. The molecule has 1 heterocycles. The molecule has 0 saturated carbocycles. The van der Waals surface area contributed by atoms with Gasteiger partial charge < -0.3 is 14.6 Å². The zero-order chi connectivity index (χ0) is 15.0. The first-order valence-corrected chi connectivity index (χ1v) is 7.41. The summed E-state index contributed by atoms with van der Waals surface area (Å²) in [6, 6.07) is 0. The average Bonchev–Trinajstić information content (AvgIpc) is 2.36. The van der Waals surface area contributed by atoms with E-state index in [0.29, 0.717) is 11.7 Å². The van der Waals surface area contributed by atoms with E-state index in [1.165, 1.54) is 0 Å². The molecule has 1 aromatic rings. The van der Waals surface area contributed by atoms with Crippen molar-refractivity contribution in [1.82, 2.24) is 9.55 Å². The average molecular weight is 281 g/mol. The molecule has 0 radical (unpaired) electrons. The second kappa shape index (κ2) is 8.74. The maximum absolute atomic E-state index is 12.1. The predicted octanol–water partition coefficient (Wildman–Crippen LogP) is 2.52. The zero-order valence-electron chi connectivity index (χ0n) is 13.1. The van der Waals surface area contributed by atoms with Gasteiger partial charge in [-0.2, -0.15) is 0 Å². The molecule has 1 rings (SSSR count). The van der Waals surface area contributed by atoms with Gasteiger partial charge in [-0.3, -0.25) is 4.79 Å². The van der Waals surface area contributed by atoms with Gasteiger partial charge in [-0.1, -0.05) is 13.8 Å². The fraction of sp³-hybridized carbons (Fsp3) is 0.733. The third-order valence-electron chi connectivity index (χ3n) is 2.79. The van der Waals surface area contributed by atoms with E-state index < -0.39 is 0 Å². The van der Waals surface area contributed by atoms with E-state index in [4.69, 9.17) is 4.74 Å². The van der Waals surface area contributed by atoms with Gasteiger partial charge in [-0.05, 0) is 32.6 Å². The van der Waals surface area contributed by atoms with Gasteiger partial charge in [-0.25, -0.2) is 4.98 Å². The monoisotopic (exact) mass is 281 g/mol. The fourth-order valence-corrected chi connectivity index (χ4v) is 1.86. The van der Waals surface area contributed by atoms with Crippen molar-refractivity contribution in [3.8, 4) is 0 Å². The van der Waals surface area contributed by atoms with Crippen molar-refractivity contribution in [3.63, 3.8) is 0 Å².